The molecule has 0 unspecified atom stereocenters. The van der Waals surface area contributed by atoms with E-state index >= 15 is 0 Å². The third-order valence-corrected chi connectivity index (χ3v) is 4.42. The highest BCUT2D eigenvalue weighted by molar-refractivity contribution is 7.90. The van der Waals surface area contributed by atoms with E-state index in [1.807, 2.05) is 30.3 Å². The van der Waals surface area contributed by atoms with E-state index < -0.39 is 15.8 Å². The maximum absolute atomic E-state index is 11.5. The van der Waals surface area contributed by atoms with E-state index in [2.05, 4.69) is 0 Å². The minimum absolute atomic E-state index is 0.0394. The summed E-state index contributed by atoms with van der Waals surface area (Å²) in [7, 11) is -3.25. The second-order valence-corrected chi connectivity index (χ2v) is 6.92. The summed E-state index contributed by atoms with van der Waals surface area (Å²) in [6.07, 6.45) is 1.11. The van der Waals surface area contributed by atoms with Gasteiger partial charge in [0.15, 0.2) is 9.84 Å². The molecular weight excluding hydrogens is 288 g/mol. The Morgan fingerprint density at radius 3 is 2.00 bits per heavy atom. The average Bonchev–Trinajstić information content (AvgIpc) is 2.45. The lowest BCUT2D eigenvalue weighted by Crippen LogP contribution is -2.08. The quantitative estimate of drug-likeness (QED) is 0.922. The van der Waals surface area contributed by atoms with Crippen molar-refractivity contribution in [1.82, 2.24) is 0 Å². The van der Waals surface area contributed by atoms with E-state index in [9.17, 15) is 13.2 Å². The van der Waals surface area contributed by atoms with Crippen LogP contribution in [-0.4, -0.2) is 25.7 Å². The fourth-order valence-electron chi connectivity index (χ4n) is 2.24. The van der Waals surface area contributed by atoms with Crippen molar-refractivity contribution in [3.05, 3.63) is 65.7 Å². The van der Waals surface area contributed by atoms with Crippen LogP contribution in [0.3, 0.4) is 0 Å². The summed E-state index contributed by atoms with van der Waals surface area (Å²) < 4.78 is 22.9. The van der Waals surface area contributed by atoms with E-state index in [1.54, 1.807) is 12.1 Å². The smallest absolute Gasteiger partial charge is 0.304 e. The largest absolute Gasteiger partial charge is 0.481 e. The van der Waals surface area contributed by atoms with Gasteiger partial charge in [-0.3, -0.25) is 4.79 Å². The molecule has 1 atom stereocenters. The number of benzene rings is 2. The fourth-order valence-corrected chi connectivity index (χ4v) is 2.87. The van der Waals surface area contributed by atoms with Gasteiger partial charge in [-0.15, -0.1) is 0 Å². The number of carboxylic acid groups (broad SMARTS) is 1. The Kier molecular flexibility index (Phi) is 4.43. The van der Waals surface area contributed by atoms with Gasteiger partial charge in [-0.05, 0) is 23.3 Å². The highest BCUT2D eigenvalue weighted by atomic mass is 32.2. The molecule has 5 heteroatoms. The monoisotopic (exact) mass is 304 g/mol. The molecule has 110 valence electrons. The molecule has 0 fully saturated rings. The molecule has 0 radical (unpaired) electrons. The van der Waals surface area contributed by atoms with Crippen molar-refractivity contribution < 1.29 is 18.3 Å². The molecule has 0 spiro atoms. The van der Waals surface area contributed by atoms with Crippen molar-refractivity contribution >= 4 is 15.8 Å². The highest BCUT2D eigenvalue weighted by Gasteiger charge is 2.18. The molecule has 2 rings (SSSR count). The number of hydrogen-bond acceptors (Lipinski definition) is 3. The van der Waals surface area contributed by atoms with Crippen molar-refractivity contribution in [1.29, 1.82) is 0 Å². The molecule has 0 aliphatic rings. The van der Waals surface area contributed by atoms with Crippen LogP contribution in [0.2, 0.25) is 0 Å². The van der Waals surface area contributed by atoms with Gasteiger partial charge in [-0.25, -0.2) is 8.42 Å². The summed E-state index contributed by atoms with van der Waals surface area (Å²) >= 11 is 0. The van der Waals surface area contributed by atoms with Gasteiger partial charge >= 0.3 is 5.97 Å². The zero-order valence-corrected chi connectivity index (χ0v) is 12.4. The average molecular weight is 304 g/mol. The molecular formula is C16H16O4S. The summed E-state index contributed by atoms with van der Waals surface area (Å²) in [5.41, 5.74) is 1.68. The van der Waals surface area contributed by atoms with Crippen LogP contribution in [-0.2, 0) is 14.6 Å². The predicted octanol–water partition coefficient (Wildman–Crippen LogP) is 2.70. The summed E-state index contributed by atoms with van der Waals surface area (Å²) in [5.74, 6) is -1.19. The molecule has 4 nitrogen and oxygen atoms in total. The molecule has 0 heterocycles. The standard InChI is InChI=1S/C16H16O4S/c1-21(19,20)14-9-7-13(8-10-14)15(11-16(17)18)12-5-3-2-4-6-12/h2-10,15H,11H2,1H3,(H,17,18)/t15-/m0/s1. The van der Waals surface area contributed by atoms with Crippen molar-refractivity contribution in [2.24, 2.45) is 0 Å². The summed E-state index contributed by atoms with van der Waals surface area (Å²) in [5, 5.41) is 9.09. The first kappa shape index (κ1) is 15.3. The minimum Gasteiger partial charge on any atom is -0.481 e. The van der Waals surface area contributed by atoms with Gasteiger partial charge in [0, 0.05) is 12.2 Å². The third-order valence-electron chi connectivity index (χ3n) is 3.29. The zero-order chi connectivity index (χ0) is 15.5. The summed E-state index contributed by atoms with van der Waals surface area (Å²) in [6.45, 7) is 0. The van der Waals surface area contributed by atoms with Crippen LogP contribution in [0.5, 0.6) is 0 Å². The van der Waals surface area contributed by atoms with Crippen LogP contribution >= 0.6 is 0 Å². The van der Waals surface area contributed by atoms with E-state index in [4.69, 9.17) is 5.11 Å². The Labute approximate surface area is 124 Å². The number of carboxylic acids is 1. The predicted molar refractivity (Wildman–Crippen MR) is 80.1 cm³/mol. The first-order chi connectivity index (χ1) is 9.88. The minimum atomic E-state index is -3.25. The topological polar surface area (TPSA) is 71.4 Å². The molecule has 2 aromatic carbocycles. The lowest BCUT2D eigenvalue weighted by molar-refractivity contribution is -0.137. The van der Waals surface area contributed by atoms with Crippen molar-refractivity contribution in [2.45, 2.75) is 17.2 Å². The Bertz CT molecular complexity index is 719. The number of aliphatic carboxylic acids is 1. The van der Waals surface area contributed by atoms with Crippen molar-refractivity contribution in [3.8, 4) is 0 Å². The van der Waals surface area contributed by atoms with Gasteiger partial charge in [-0.2, -0.15) is 0 Å². The van der Waals surface area contributed by atoms with Crippen molar-refractivity contribution in [3.63, 3.8) is 0 Å². The van der Waals surface area contributed by atoms with Crippen LogP contribution in [0.25, 0.3) is 0 Å². The Morgan fingerprint density at radius 1 is 1.00 bits per heavy atom. The molecule has 1 N–H and O–H groups in total. The van der Waals surface area contributed by atoms with E-state index in [0.29, 0.717) is 0 Å². The molecule has 0 saturated heterocycles. The third kappa shape index (κ3) is 3.92. The maximum Gasteiger partial charge on any atom is 0.304 e. The van der Waals surface area contributed by atoms with Gasteiger partial charge in [0.05, 0.1) is 11.3 Å². The molecule has 0 bridgehead atoms. The summed E-state index contributed by atoms with van der Waals surface area (Å²) in [6, 6.07) is 15.7. The number of carbonyl (C=O) groups is 1. The Balaban J connectivity index is 2.40. The second kappa shape index (κ2) is 6.10. The van der Waals surface area contributed by atoms with Crippen LogP contribution in [0, 0.1) is 0 Å². The van der Waals surface area contributed by atoms with Crippen LogP contribution < -0.4 is 0 Å². The van der Waals surface area contributed by atoms with Crippen molar-refractivity contribution in [2.75, 3.05) is 6.26 Å². The lowest BCUT2D eigenvalue weighted by Gasteiger charge is -2.16. The molecule has 21 heavy (non-hydrogen) atoms. The maximum atomic E-state index is 11.5. The Morgan fingerprint density at radius 2 is 1.52 bits per heavy atom. The fraction of sp³-hybridized carbons (Fsp3) is 0.188. The molecule has 0 amide bonds. The first-order valence-corrected chi connectivity index (χ1v) is 8.34. The number of hydrogen-bond donors (Lipinski definition) is 1. The molecule has 0 aliphatic carbocycles. The van der Waals surface area contributed by atoms with Gasteiger partial charge < -0.3 is 5.11 Å². The highest BCUT2D eigenvalue weighted by Crippen LogP contribution is 2.28. The molecule has 0 aromatic heterocycles. The van der Waals surface area contributed by atoms with Crippen LogP contribution in [0.4, 0.5) is 0 Å². The first-order valence-electron chi connectivity index (χ1n) is 6.44. The Hall–Kier alpha value is -2.14. The second-order valence-electron chi connectivity index (χ2n) is 4.90. The number of rotatable bonds is 5. The summed E-state index contributed by atoms with van der Waals surface area (Å²) in [4.78, 5) is 11.3. The van der Waals surface area contributed by atoms with E-state index in [0.717, 1.165) is 17.4 Å². The zero-order valence-electron chi connectivity index (χ0n) is 11.6. The van der Waals surface area contributed by atoms with Gasteiger partial charge in [0.2, 0.25) is 0 Å². The van der Waals surface area contributed by atoms with E-state index in [1.165, 1.54) is 12.1 Å². The molecule has 0 aliphatic heterocycles. The number of sulfone groups is 1. The van der Waals surface area contributed by atoms with Gasteiger partial charge in [-0.1, -0.05) is 42.5 Å². The van der Waals surface area contributed by atoms with Crippen LogP contribution in [0.1, 0.15) is 23.5 Å². The normalized spacial score (nSPS) is 12.8. The molecule has 2 aromatic rings. The van der Waals surface area contributed by atoms with Gasteiger partial charge in [0.1, 0.15) is 0 Å². The van der Waals surface area contributed by atoms with E-state index in [-0.39, 0.29) is 17.2 Å². The SMILES string of the molecule is CS(=O)(=O)c1ccc([C@@H](CC(=O)O)c2ccccc2)cc1. The lowest BCUT2D eigenvalue weighted by atomic mass is 9.89. The molecule has 0 saturated carbocycles. The van der Waals surface area contributed by atoms with Gasteiger partial charge in [0.25, 0.3) is 0 Å². The van der Waals surface area contributed by atoms with Crippen LogP contribution in [0.15, 0.2) is 59.5 Å².